The molecule has 2 aromatic rings. The molecule has 100 valence electrons. The lowest BCUT2D eigenvalue weighted by atomic mass is 10.1. The first kappa shape index (κ1) is 14.2. The topological polar surface area (TPSA) is 16.1 Å². The van der Waals surface area contributed by atoms with Crippen molar-refractivity contribution in [3.63, 3.8) is 0 Å². The maximum Gasteiger partial charge on any atom is 0.147 e. The maximum absolute atomic E-state index is 6.22. The molecule has 0 atom stereocenters. The van der Waals surface area contributed by atoms with Crippen LogP contribution in [0.25, 0.3) is 0 Å². The number of hydrogen-bond acceptors (Lipinski definition) is 2. The van der Waals surface area contributed by atoms with Crippen LogP contribution in [-0.2, 0) is 12.3 Å². The third kappa shape index (κ3) is 3.85. The van der Waals surface area contributed by atoms with E-state index in [9.17, 15) is 0 Å². The first-order valence-corrected chi connectivity index (χ1v) is 7.07. The van der Waals surface area contributed by atoms with Crippen molar-refractivity contribution in [2.45, 2.75) is 12.3 Å². The summed E-state index contributed by atoms with van der Waals surface area (Å²) in [5.74, 6) is 1.23. The van der Waals surface area contributed by atoms with E-state index in [2.05, 4.69) is 34.1 Å². The summed E-state index contributed by atoms with van der Waals surface area (Å²) in [6.45, 7) is 0.872. The summed E-state index contributed by atoms with van der Waals surface area (Å²) < 4.78 is 0. The number of pyridine rings is 1. The molecule has 0 aliphatic rings. The van der Waals surface area contributed by atoms with Crippen LogP contribution in [0.3, 0.4) is 0 Å². The summed E-state index contributed by atoms with van der Waals surface area (Å²) in [6, 6.07) is 12.2. The van der Waals surface area contributed by atoms with E-state index in [1.54, 1.807) is 6.20 Å². The van der Waals surface area contributed by atoms with Gasteiger partial charge >= 0.3 is 0 Å². The first-order chi connectivity index (χ1) is 9.20. The van der Waals surface area contributed by atoms with Crippen molar-refractivity contribution in [1.82, 2.24) is 4.98 Å². The molecule has 1 aromatic heterocycles. The molecule has 2 rings (SSSR count). The number of halogens is 2. The van der Waals surface area contributed by atoms with Crippen molar-refractivity contribution in [3.8, 4) is 0 Å². The van der Waals surface area contributed by atoms with Crippen LogP contribution >= 0.6 is 23.2 Å². The zero-order chi connectivity index (χ0) is 13.7. The largest absolute Gasteiger partial charge is 0.358 e. The Morgan fingerprint density at radius 1 is 1.16 bits per heavy atom. The van der Waals surface area contributed by atoms with Gasteiger partial charge in [-0.25, -0.2) is 4.98 Å². The second kappa shape index (κ2) is 6.78. The monoisotopic (exact) mass is 294 g/mol. The maximum atomic E-state index is 6.22. The third-order valence-electron chi connectivity index (χ3n) is 2.97. The van der Waals surface area contributed by atoms with Gasteiger partial charge in [0.1, 0.15) is 5.82 Å². The van der Waals surface area contributed by atoms with Crippen LogP contribution in [0.15, 0.2) is 42.6 Å². The summed E-state index contributed by atoms with van der Waals surface area (Å²) >= 11 is 12.0. The lowest BCUT2D eigenvalue weighted by Gasteiger charge is -2.19. The minimum atomic E-state index is 0.431. The molecule has 2 nitrogen and oxygen atoms in total. The van der Waals surface area contributed by atoms with Gasteiger partial charge in [0, 0.05) is 25.7 Å². The van der Waals surface area contributed by atoms with E-state index in [-0.39, 0.29) is 0 Å². The van der Waals surface area contributed by atoms with Crippen LogP contribution in [-0.4, -0.2) is 18.6 Å². The Morgan fingerprint density at radius 2 is 1.89 bits per heavy atom. The minimum absolute atomic E-state index is 0.431. The van der Waals surface area contributed by atoms with Crippen molar-refractivity contribution in [2.75, 3.05) is 18.5 Å². The van der Waals surface area contributed by atoms with Crippen molar-refractivity contribution >= 4 is 29.0 Å². The van der Waals surface area contributed by atoms with E-state index in [4.69, 9.17) is 23.2 Å². The van der Waals surface area contributed by atoms with Gasteiger partial charge in [0.25, 0.3) is 0 Å². The smallest absolute Gasteiger partial charge is 0.147 e. The van der Waals surface area contributed by atoms with E-state index < -0.39 is 0 Å². The van der Waals surface area contributed by atoms with Gasteiger partial charge in [-0.05, 0) is 23.6 Å². The fourth-order valence-electron chi connectivity index (χ4n) is 1.87. The zero-order valence-corrected chi connectivity index (χ0v) is 12.3. The van der Waals surface area contributed by atoms with Crippen LogP contribution in [0.4, 0.5) is 5.82 Å². The van der Waals surface area contributed by atoms with E-state index in [1.807, 2.05) is 19.2 Å². The van der Waals surface area contributed by atoms with Gasteiger partial charge in [0.15, 0.2) is 0 Å². The summed E-state index contributed by atoms with van der Waals surface area (Å²) in [7, 11) is 2.00. The molecule has 0 amide bonds. The van der Waals surface area contributed by atoms with Crippen molar-refractivity contribution in [3.05, 3.63) is 58.7 Å². The standard InChI is InChI=1S/C15H16Cl2N2/c1-19(8-7-12-5-3-2-4-6-12)15-14(17)9-13(10-16)11-18-15/h2-6,9,11H,7-8,10H2,1H3. The summed E-state index contributed by atoms with van der Waals surface area (Å²) in [5, 5.41) is 0.647. The highest BCUT2D eigenvalue weighted by molar-refractivity contribution is 6.33. The Morgan fingerprint density at radius 3 is 2.53 bits per heavy atom. The van der Waals surface area contributed by atoms with Crippen LogP contribution < -0.4 is 4.90 Å². The summed E-state index contributed by atoms with van der Waals surface area (Å²) in [6.07, 6.45) is 2.74. The lowest BCUT2D eigenvalue weighted by Crippen LogP contribution is -2.21. The molecule has 0 bridgehead atoms. The highest BCUT2D eigenvalue weighted by atomic mass is 35.5. The number of hydrogen-bond donors (Lipinski definition) is 0. The molecule has 0 aliphatic heterocycles. The second-order valence-corrected chi connectivity index (χ2v) is 5.11. The van der Waals surface area contributed by atoms with Gasteiger partial charge in [0.2, 0.25) is 0 Å². The quantitative estimate of drug-likeness (QED) is 0.770. The number of likely N-dealkylation sites (N-methyl/N-ethyl adjacent to an activating group) is 1. The number of benzene rings is 1. The Bertz CT molecular complexity index is 529. The Balaban J connectivity index is 2.02. The number of nitrogens with zero attached hydrogens (tertiary/aromatic N) is 2. The molecule has 0 unspecified atom stereocenters. The van der Waals surface area contributed by atoms with E-state index in [0.29, 0.717) is 10.9 Å². The molecule has 0 N–H and O–H groups in total. The molecule has 4 heteroatoms. The van der Waals surface area contributed by atoms with Gasteiger partial charge in [-0.3, -0.25) is 0 Å². The Labute approximate surface area is 124 Å². The van der Waals surface area contributed by atoms with E-state index in [0.717, 1.165) is 24.3 Å². The predicted octanol–water partition coefficient (Wildman–Crippen LogP) is 4.15. The Hall–Kier alpha value is -1.25. The molecule has 0 radical (unpaired) electrons. The number of alkyl halides is 1. The molecule has 1 heterocycles. The highest BCUT2D eigenvalue weighted by Crippen LogP contribution is 2.23. The Kier molecular flexibility index (Phi) is 5.06. The molecular formula is C15H16Cl2N2. The van der Waals surface area contributed by atoms with Crippen LogP contribution in [0.1, 0.15) is 11.1 Å². The highest BCUT2D eigenvalue weighted by Gasteiger charge is 2.08. The number of anilines is 1. The predicted molar refractivity (Wildman–Crippen MR) is 82.2 cm³/mol. The molecule has 0 fully saturated rings. The molecule has 0 aliphatic carbocycles. The van der Waals surface area contributed by atoms with Crippen LogP contribution in [0.5, 0.6) is 0 Å². The summed E-state index contributed by atoms with van der Waals surface area (Å²) in [5.41, 5.74) is 2.25. The van der Waals surface area contributed by atoms with Gasteiger partial charge < -0.3 is 4.90 Å². The van der Waals surface area contributed by atoms with Crippen LogP contribution in [0, 0.1) is 0 Å². The SMILES string of the molecule is CN(CCc1ccccc1)c1ncc(CCl)cc1Cl. The third-order valence-corrected chi connectivity index (χ3v) is 3.56. The molecule has 0 saturated carbocycles. The lowest BCUT2D eigenvalue weighted by molar-refractivity contribution is 0.859. The van der Waals surface area contributed by atoms with Gasteiger partial charge in [-0.1, -0.05) is 41.9 Å². The molecule has 0 saturated heterocycles. The first-order valence-electron chi connectivity index (χ1n) is 6.16. The average molecular weight is 295 g/mol. The normalized spacial score (nSPS) is 10.5. The fraction of sp³-hybridized carbons (Fsp3) is 0.267. The summed E-state index contributed by atoms with van der Waals surface area (Å²) in [4.78, 5) is 6.43. The number of rotatable bonds is 5. The second-order valence-electron chi connectivity index (χ2n) is 4.44. The molecule has 0 spiro atoms. The fourth-order valence-corrected chi connectivity index (χ4v) is 2.35. The van der Waals surface area contributed by atoms with Crippen LogP contribution in [0.2, 0.25) is 5.02 Å². The molecule has 19 heavy (non-hydrogen) atoms. The number of aromatic nitrogens is 1. The van der Waals surface area contributed by atoms with Gasteiger partial charge in [-0.2, -0.15) is 0 Å². The zero-order valence-electron chi connectivity index (χ0n) is 10.8. The van der Waals surface area contributed by atoms with Gasteiger partial charge in [0.05, 0.1) is 5.02 Å². The van der Waals surface area contributed by atoms with E-state index >= 15 is 0 Å². The van der Waals surface area contributed by atoms with Crippen molar-refractivity contribution in [2.24, 2.45) is 0 Å². The minimum Gasteiger partial charge on any atom is -0.358 e. The van der Waals surface area contributed by atoms with E-state index in [1.165, 1.54) is 5.56 Å². The van der Waals surface area contributed by atoms with Gasteiger partial charge in [-0.15, -0.1) is 11.6 Å². The van der Waals surface area contributed by atoms with Crippen molar-refractivity contribution < 1.29 is 0 Å². The molecule has 1 aromatic carbocycles. The van der Waals surface area contributed by atoms with Crippen molar-refractivity contribution in [1.29, 1.82) is 0 Å². The molecular weight excluding hydrogens is 279 g/mol. The average Bonchev–Trinajstić information content (AvgIpc) is 2.45.